The van der Waals surface area contributed by atoms with Crippen molar-refractivity contribution in [3.63, 3.8) is 0 Å². The molecular formula is C16H27FN6O2. The number of hydrogen-bond acceptors (Lipinski definition) is 6. The monoisotopic (exact) mass is 354 g/mol. The zero-order valence-corrected chi connectivity index (χ0v) is 14.9. The van der Waals surface area contributed by atoms with Crippen LogP contribution in [0, 0.1) is 0 Å². The van der Waals surface area contributed by atoms with Crippen molar-refractivity contribution < 1.29 is 13.9 Å². The summed E-state index contributed by atoms with van der Waals surface area (Å²) in [5.41, 5.74) is 5.88. The third-order valence-corrected chi connectivity index (χ3v) is 4.31. The first-order valence-corrected chi connectivity index (χ1v) is 8.68. The predicted octanol–water partition coefficient (Wildman–Crippen LogP) is 0.504. The number of nitrogens with two attached hydrogens (primary N) is 1. The molecule has 3 rings (SSSR count). The number of piperidine rings is 1. The smallest absolute Gasteiger partial charge is 0.259 e. The summed E-state index contributed by atoms with van der Waals surface area (Å²) in [5, 5.41) is 13.3. The first-order valence-electron chi connectivity index (χ1n) is 8.68. The molecule has 0 radical (unpaired) electrons. The molecule has 0 saturated carbocycles. The molecule has 0 aliphatic carbocycles. The summed E-state index contributed by atoms with van der Waals surface area (Å²) < 4.78 is 21.0. The number of carbonyl (C=O) groups is 1. The van der Waals surface area contributed by atoms with Gasteiger partial charge < -0.3 is 26.4 Å². The van der Waals surface area contributed by atoms with E-state index in [2.05, 4.69) is 21.0 Å². The summed E-state index contributed by atoms with van der Waals surface area (Å²) in [6.07, 6.45) is -0.318. The second-order valence-electron chi connectivity index (χ2n) is 7.61. The largest absolute Gasteiger partial charge is 0.381 e. The van der Waals surface area contributed by atoms with Crippen LogP contribution in [0.5, 0.6) is 0 Å². The van der Waals surface area contributed by atoms with Crippen LogP contribution in [0.3, 0.4) is 0 Å². The molecule has 1 aromatic heterocycles. The van der Waals surface area contributed by atoms with E-state index >= 15 is 0 Å². The Balaban J connectivity index is 1.75. The molecule has 5 N–H and O–H groups in total. The van der Waals surface area contributed by atoms with Crippen molar-refractivity contribution in [3.8, 4) is 0 Å². The van der Waals surface area contributed by atoms with Gasteiger partial charge in [0, 0.05) is 13.1 Å². The summed E-state index contributed by atoms with van der Waals surface area (Å²) >= 11 is 0. The highest BCUT2D eigenvalue weighted by molar-refractivity contribution is 6.03. The molecule has 2 aliphatic rings. The normalized spacial score (nSPS) is 26.6. The van der Waals surface area contributed by atoms with Crippen molar-refractivity contribution in [2.45, 2.75) is 57.7 Å². The van der Waals surface area contributed by atoms with E-state index in [0.717, 1.165) is 13.0 Å². The highest BCUT2D eigenvalue weighted by Crippen LogP contribution is 2.26. The molecule has 3 unspecified atom stereocenters. The van der Waals surface area contributed by atoms with Gasteiger partial charge in [-0.1, -0.05) is 0 Å². The Morgan fingerprint density at radius 2 is 2.20 bits per heavy atom. The van der Waals surface area contributed by atoms with Crippen molar-refractivity contribution in [1.29, 1.82) is 0 Å². The van der Waals surface area contributed by atoms with Gasteiger partial charge in [0.1, 0.15) is 17.6 Å². The van der Waals surface area contributed by atoms with E-state index in [1.807, 2.05) is 20.8 Å². The lowest BCUT2D eigenvalue weighted by Crippen LogP contribution is -2.56. The lowest BCUT2D eigenvalue weighted by Gasteiger charge is -2.37. The Bertz CT molecular complexity index is 641. The SMILES string of the molecule is CC(C)(C)OC1CCNCC1NC(=O)c1c(N)nn2c1NCC(F)C2. The number of amides is 1. The van der Waals surface area contributed by atoms with Crippen molar-refractivity contribution in [1.82, 2.24) is 20.4 Å². The number of ether oxygens (including phenoxy) is 1. The molecule has 1 saturated heterocycles. The van der Waals surface area contributed by atoms with Gasteiger partial charge in [-0.2, -0.15) is 5.10 Å². The number of halogens is 1. The van der Waals surface area contributed by atoms with E-state index in [1.54, 1.807) is 0 Å². The minimum atomic E-state index is -1.05. The molecule has 3 atom stereocenters. The lowest BCUT2D eigenvalue weighted by molar-refractivity contribution is -0.0823. The Hall–Kier alpha value is -1.87. The molecule has 140 valence electrons. The molecule has 8 nitrogen and oxygen atoms in total. The summed E-state index contributed by atoms with van der Waals surface area (Å²) in [5.74, 6) is 0.256. The maximum Gasteiger partial charge on any atom is 0.259 e. The van der Waals surface area contributed by atoms with E-state index < -0.39 is 6.17 Å². The first kappa shape index (κ1) is 17.9. The number of alkyl halides is 1. The molecule has 9 heteroatoms. The van der Waals surface area contributed by atoms with Crippen LogP contribution < -0.4 is 21.7 Å². The number of hydrogen-bond donors (Lipinski definition) is 4. The second-order valence-corrected chi connectivity index (χ2v) is 7.61. The molecular weight excluding hydrogens is 327 g/mol. The van der Waals surface area contributed by atoms with Gasteiger partial charge in [-0.15, -0.1) is 0 Å². The van der Waals surface area contributed by atoms with Crippen molar-refractivity contribution in [2.24, 2.45) is 0 Å². The number of fused-ring (bicyclic) bond motifs is 1. The zero-order valence-electron chi connectivity index (χ0n) is 14.9. The highest BCUT2D eigenvalue weighted by Gasteiger charge is 2.33. The maximum absolute atomic E-state index is 13.5. The molecule has 0 bridgehead atoms. The summed E-state index contributed by atoms with van der Waals surface area (Å²) in [7, 11) is 0. The van der Waals surface area contributed by atoms with E-state index in [4.69, 9.17) is 10.5 Å². The summed E-state index contributed by atoms with van der Waals surface area (Å²) in [6.45, 7) is 7.70. The number of anilines is 2. The fourth-order valence-electron chi connectivity index (χ4n) is 3.29. The minimum Gasteiger partial charge on any atom is -0.381 e. The second kappa shape index (κ2) is 6.80. The Morgan fingerprint density at radius 3 is 2.92 bits per heavy atom. The average molecular weight is 354 g/mol. The van der Waals surface area contributed by atoms with Crippen LogP contribution in [0.15, 0.2) is 0 Å². The Morgan fingerprint density at radius 1 is 1.44 bits per heavy atom. The van der Waals surface area contributed by atoms with Crippen LogP contribution in [-0.4, -0.2) is 59.2 Å². The number of nitrogen functional groups attached to an aromatic ring is 1. The molecule has 1 amide bonds. The van der Waals surface area contributed by atoms with Gasteiger partial charge in [-0.05, 0) is 33.7 Å². The van der Waals surface area contributed by atoms with Crippen molar-refractivity contribution in [2.75, 3.05) is 30.7 Å². The van der Waals surface area contributed by atoms with Crippen LogP contribution >= 0.6 is 0 Å². The first-order chi connectivity index (χ1) is 11.7. The fourth-order valence-corrected chi connectivity index (χ4v) is 3.29. The highest BCUT2D eigenvalue weighted by atomic mass is 19.1. The fraction of sp³-hybridized carbons (Fsp3) is 0.750. The number of rotatable bonds is 3. The zero-order chi connectivity index (χ0) is 18.2. The van der Waals surface area contributed by atoms with E-state index in [0.29, 0.717) is 12.4 Å². The number of carbonyl (C=O) groups excluding carboxylic acids is 1. The third kappa shape index (κ3) is 4.04. The van der Waals surface area contributed by atoms with Crippen LogP contribution in [0.2, 0.25) is 0 Å². The van der Waals surface area contributed by atoms with Crippen LogP contribution in [-0.2, 0) is 11.3 Å². The maximum atomic E-state index is 13.5. The Kier molecular flexibility index (Phi) is 4.88. The van der Waals surface area contributed by atoms with E-state index in [1.165, 1.54) is 4.68 Å². The van der Waals surface area contributed by atoms with Gasteiger partial charge in [-0.25, -0.2) is 9.07 Å². The number of nitrogens with zero attached hydrogens (tertiary/aromatic N) is 2. The van der Waals surface area contributed by atoms with Gasteiger partial charge >= 0.3 is 0 Å². The van der Waals surface area contributed by atoms with Crippen molar-refractivity contribution in [3.05, 3.63) is 5.56 Å². The molecule has 1 fully saturated rings. The minimum absolute atomic E-state index is 0.0824. The summed E-state index contributed by atoms with van der Waals surface area (Å²) in [4.78, 5) is 12.8. The predicted molar refractivity (Wildman–Crippen MR) is 93.4 cm³/mol. The number of nitrogens with one attached hydrogen (secondary N) is 3. The molecule has 2 aliphatic heterocycles. The van der Waals surface area contributed by atoms with Gasteiger partial charge in [0.15, 0.2) is 5.82 Å². The van der Waals surface area contributed by atoms with Gasteiger partial charge in [-0.3, -0.25) is 4.79 Å². The van der Waals surface area contributed by atoms with Gasteiger partial charge in [0.05, 0.1) is 24.3 Å². The van der Waals surface area contributed by atoms with Crippen LogP contribution in [0.25, 0.3) is 0 Å². The third-order valence-electron chi connectivity index (χ3n) is 4.31. The molecule has 1 aromatic rings. The molecule has 3 heterocycles. The lowest BCUT2D eigenvalue weighted by atomic mass is 10.0. The van der Waals surface area contributed by atoms with Gasteiger partial charge in [0.2, 0.25) is 0 Å². The van der Waals surface area contributed by atoms with Gasteiger partial charge in [0.25, 0.3) is 5.91 Å². The molecule has 0 spiro atoms. The van der Waals surface area contributed by atoms with Crippen LogP contribution in [0.4, 0.5) is 16.0 Å². The quantitative estimate of drug-likeness (QED) is 0.630. The topological polar surface area (TPSA) is 106 Å². The molecule has 25 heavy (non-hydrogen) atoms. The van der Waals surface area contributed by atoms with E-state index in [-0.39, 0.29) is 48.1 Å². The van der Waals surface area contributed by atoms with E-state index in [9.17, 15) is 9.18 Å². The number of aromatic nitrogens is 2. The standard InChI is InChI=1S/C16H27FN6O2/c1-16(2,3)25-11-4-5-19-7-10(11)21-15(24)12-13(18)22-23-8-9(17)6-20-14(12)23/h9-11,19-20H,4-8H2,1-3H3,(H2,18,22)(H,21,24). The van der Waals surface area contributed by atoms with Crippen molar-refractivity contribution >= 4 is 17.5 Å². The van der Waals surface area contributed by atoms with Crippen LogP contribution in [0.1, 0.15) is 37.6 Å². The molecule has 0 aromatic carbocycles. The Labute approximate surface area is 146 Å². The summed E-state index contributed by atoms with van der Waals surface area (Å²) in [6, 6.07) is -0.173. The average Bonchev–Trinajstić information content (AvgIpc) is 2.82.